The molecule has 19 heavy (non-hydrogen) atoms. The van der Waals surface area contributed by atoms with Crippen molar-refractivity contribution in [2.24, 2.45) is 0 Å². The number of anilines is 1. The van der Waals surface area contributed by atoms with Gasteiger partial charge in [-0.15, -0.1) is 0 Å². The van der Waals surface area contributed by atoms with Crippen LogP contribution < -0.4 is 10.6 Å². The van der Waals surface area contributed by atoms with Crippen LogP contribution in [0, 0.1) is 6.92 Å². The highest BCUT2D eigenvalue weighted by Crippen LogP contribution is 2.08. The Morgan fingerprint density at radius 3 is 3.00 bits per heavy atom. The zero-order chi connectivity index (χ0) is 13.7. The van der Waals surface area contributed by atoms with Crippen LogP contribution >= 0.6 is 0 Å². The van der Waals surface area contributed by atoms with Gasteiger partial charge < -0.3 is 9.88 Å². The van der Waals surface area contributed by atoms with Crippen molar-refractivity contribution in [3.05, 3.63) is 42.6 Å². The number of imidazole rings is 1. The lowest BCUT2D eigenvalue weighted by molar-refractivity contribution is 0.248. The molecular formula is C13H17N5O. The van der Waals surface area contributed by atoms with Gasteiger partial charge in [-0.25, -0.2) is 14.8 Å². The highest BCUT2D eigenvalue weighted by molar-refractivity contribution is 5.89. The summed E-state index contributed by atoms with van der Waals surface area (Å²) in [5.41, 5.74) is 0.930. The van der Waals surface area contributed by atoms with E-state index in [0.29, 0.717) is 12.4 Å². The van der Waals surface area contributed by atoms with Crippen LogP contribution in [0.3, 0.4) is 0 Å². The maximum Gasteiger partial charge on any atom is 0.320 e. The van der Waals surface area contributed by atoms with E-state index in [0.717, 1.165) is 5.56 Å². The van der Waals surface area contributed by atoms with Crippen molar-refractivity contribution >= 4 is 11.8 Å². The van der Waals surface area contributed by atoms with Crippen LogP contribution in [0.1, 0.15) is 12.5 Å². The predicted octanol–water partition coefficient (Wildman–Crippen LogP) is 1.80. The number of amides is 2. The van der Waals surface area contributed by atoms with Crippen LogP contribution in [-0.2, 0) is 6.54 Å². The first kappa shape index (κ1) is 13.1. The van der Waals surface area contributed by atoms with E-state index in [-0.39, 0.29) is 12.1 Å². The number of hydrogen-bond acceptors (Lipinski definition) is 3. The number of nitrogens with one attached hydrogen (secondary N) is 2. The van der Waals surface area contributed by atoms with Crippen molar-refractivity contribution in [3.63, 3.8) is 0 Å². The van der Waals surface area contributed by atoms with Crippen molar-refractivity contribution < 1.29 is 4.79 Å². The Bertz CT molecular complexity index is 538. The molecule has 2 aromatic heterocycles. The minimum atomic E-state index is -0.255. The molecule has 0 radical (unpaired) electrons. The number of rotatable bonds is 4. The second-order valence-corrected chi connectivity index (χ2v) is 4.43. The number of urea groups is 1. The fourth-order valence-electron chi connectivity index (χ4n) is 1.74. The Kier molecular flexibility index (Phi) is 4.12. The van der Waals surface area contributed by atoms with Gasteiger partial charge in [0.15, 0.2) is 0 Å². The number of nitrogens with zero attached hydrogens (tertiary/aromatic N) is 3. The quantitative estimate of drug-likeness (QED) is 0.879. The van der Waals surface area contributed by atoms with Crippen molar-refractivity contribution in [3.8, 4) is 0 Å². The summed E-state index contributed by atoms with van der Waals surface area (Å²) in [5, 5.41) is 5.59. The summed E-state index contributed by atoms with van der Waals surface area (Å²) in [6.45, 7) is 4.51. The SMILES string of the molecule is Cc1cccnc1NC(=O)NC(C)Cn1ccnc1. The van der Waals surface area contributed by atoms with Gasteiger partial charge in [0, 0.05) is 31.2 Å². The summed E-state index contributed by atoms with van der Waals surface area (Å²) in [6.07, 6.45) is 6.94. The monoisotopic (exact) mass is 259 g/mol. The third-order valence-corrected chi connectivity index (χ3v) is 2.66. The van der Waals surface area contributed by atoms with Gasteiger partial charge in [0.2, 0.25) is 0 Å². The first-order valence-corrected chi connectivity index (χ1v) is 6.10. The molecule has 0 fully saturated rings. The molecule has 2 aromatic rings. The Morgan fingerprint density at radius 1 is 1.47 bits per heavy atom. The number of carbonyl (C=O) groups excluding carboxylic acids is 1. The molecule has 1 atom stereocenters. The molecule has 0 aliphatic rings. The average molecular weight is 259 g/mol. The number of carbonyl (C=O) groups is 1. The van der Waals surface area contributed by atoms with Gasteiger partial charge in [-0.1, -0.05) is 6.07 Å². The second kappa shape index (κ2) is 5.99. The molecule has 100 valence electrons. The molecule has 0 aromatic carbocycles. The summed E-state index contributed by atoms with van der Waals surface area (Å²) >= 11 is 0. The lowest BCUT2D eigenvalue weighted by Crippen LogP contribution is -2.38. The summed E-state index contributed by atoms with van der Waals surface area (Å²) < 4.78 is 1.91. The molecule has 2 N–H and O–H groups in total. The highest BCUT2D eigenvalue weighted by Gasteiger charge is 2.09. The maximum atomic E-state index is 11.8. The van der Waals surface area contributed by atoms with E-state index in [2.05, 4.69) is 20.6 Å². The fourth-order valence-corrected chi connectivity index (χ4v) is 1.74. The van der Waals surface area contributed by atoms with E-state index in [4.69, 9.17) is 0 Å². The molecule has 6 nitrogen and oxygen atoms in total. The highest BCUT2D eigenvalue weighted by atomic mass is 16.2. The molecule has 0 saturated heterocycles. The van der Waals surface area contributed by atoms with E-state index in [1.165, 1.54) is 0 Å². The zero-order valence-corrected chi connectivity index (χ0v) is 11.0. The second-order valence-electron chi connectivity index (χ2n) is 4.43. The molecule has 0 aliphatic heterocycles. The Balaban J connectivity index is 1.86. The first-order chi connectivity index (χ1) is 9.15. The standard InChI is InChI=1S/C13H17N5O/c1-10-4-3-5-15-12(10)17-13(19)16-11(2)8-18-7-6-14-9-18/h3-7,9,11H,8H2,1-2H3,(H2,15,16,17,19). The maximum absolute atomic E-state index is 11.8. The van der Waals surface area contributed by atoms with Gasteiger partial charge in [-0.2, -0.15) is 0 Å². The van der Waals surface area contributed by atoms with Crippen molar-refractivity contribution in [2.45, 2.75) is 26.4 Å². The number of aromatic nitrogens is 3. The van der Waals surface area contributed by atoms with Gasteiger partial charge >= 0.3 is 6.03 Å². The van der Waals surface area contributed by atoms with E-state index in [9.17, 15) is 4.79 Å². The molecule has 0 bridgehead atoms. The van der Waals surface area contributed by atoms with E-state index in [1.54, 1.807) is 18.7 Å². The van der Waals surface area contributed by atoms with Crippen molar-refractivity contribution in [2.75, 3.05) is 5.32 Å². The predicted molar refractivity (Wildman–Crippen MR) is 72.8 cm³/mol. The zero-order valence-electron chi connectivity index (χ0n) is 11.0. The average Bonchev–Trinajstić information content (AvgIpc) is 2.84. The Morgan fingerprint density at radius 2 is 2.32 bits per heavy atom. The molecule has 2 heterocycles. The van der Waals surface area contributed by atoms with E-state index in [1.807, 2.05) is 36.7 Å². The number of aryl methyl sites for hydroxylation is 1. The molecule has 2 amide bonds. The van der Waals surface area contributed by atoms with Crippen LogP contribution in [-0.4, -0.2) is 26.6 Å². The summed E-state index contributed by atoms with van der Waals surface area (Å²) in [6, 6.07) is 3.48. The topological polar surface area (TPSA) is 71.8 Å². The molecule has 6 heteroatoms. The van der Waals surface area contributed by atoms with Crippen LogP contribution in [0.5, 0.6) is 0 Å². The van der Waals surface area contributed by atoms with Crippen molar-refractivity contribution in [1.29, 1.82) is 0 Å². The Labute approximate surface area is 111 Å². The number of pyridine rings is 1. The van der Waals surface area contributed by atoms with Crippen LogP contribution in [0.2, 0.25) is 0 Å². The van der Waals surface area contributed by atoms with Gasteiger partial charge in [0.1, 0.15) is 5.82 Å². The minimum Gasteiger partial charge on any atom is -0.335 e. The molecule has 0 saturated carbocycles. The smallest absolute Gasteiger partial charge is 0.320 e. The number of hydrogen-bond donors (Lipinski definition) is 2. The molecule has 1 unspecified atom stereocenters. The van der Waals surface area contributed by atoms with Gasteiger partial charge in [0.25, 0.3) is 0 Å². The van der Waals surface area contributed by atoms with Crippen LogP contribution in [0.4, 0.5) is 10.6 Å². The minimum absolute atomic E-state index is 0.00165. The molecular weight excluding hydrogens is 242 g/mol. The van der Waals surface area contributed by atoms with E-state index < -0.39 is 0 Å². The normalized spacial score (nSPS) is 11.9. The molecule has 0 spiro atoms. The van der Waals surface area contributed by atoms with E-state index >= 15 is 0 Å². The van der Waals surface area contributed by atoms with Crippen LogP contribution in [0.15, 0.2) is 37.1 Å². The lowest BCUT2D eigenvalue weighted by atomic mass is 10.3. The fraction of sp³-hybridized carbons (Fsp3) is 0.308. The third kappa shape index (κ3) is 3.80. The third-order valence-electron chi connectivity index (χ3n) is 2.66. The van der Waals surface area contributed by atoms with Gasteiger partial charge in [-0.05, 0) is 25.5 Å². The first-order valence-electron chi connectivity index (χ1n) is 6.10. The summed E-state index contributed by atoms with van der Waals surface area (Å²) in [4.78, 5) is 19.9. The summed E-state index contributed by atoms with van der Waals surface area (Å²) in [7, 11) is 0. The van der Waals surface area contributed by atoms with Crippen molar-refractivity contribution in [1.82, 2.24) is 19.9 Å². The van der Waals surface area contributed by atoms with Gasteiger partial charge in [-0.3, -0.25) is 5.32 Å². The Hall–Kier alpha value is -2.37. The van der Waals surface area contributed by atoms with Crippen LogP contribution in [0.25, 0.3) is 0 Å². The summed E-state index contributed by atoms with van der Waals surface area (Å²) in [5.74, 6) is 0.579. The molecule has 0 aliphatic carbocycles. The molecule has 2 rings (SSSR count). The lowest BCUT2D eigenvalue weighted by Gasteiger charge is -2.15. The largest absolute Gasteiger partial charge is 0.335 e. The van der Waals surface area contributed by atoms with Gasteiger partial charge in [0.05, 0.1) is 6.33 Å².